The summed E-state index contributed by atoms with van der Waals surface area (Å²) in [6.07, 6.45) is 0. The maximum absolute atomic E-state index is 11.3. The largest absolute Gasteiger partial charge is 0.389 e. The lowest BCUT2D eigenvalue weighted by Gasteiger charge is -2.25. The molecule has 0 radical (unpaired) electrons. The molecule has 0 aliphatic heterocycles. The highest BCUT2D eigenvalue weighted by Gasteiger charge is 2.17. The summed E-state index contributed by atoms with van der Waals surface area (Å²) >= 11 is 0. The summed E-state index contributed by atoms with van der Waals surface area (Å²) in [4.78, 5) is 13.1. The minimum absolute atomic E-state index is 0.00764. The Bertz CT molecular complexity index is 185. The fourth-order valence-electron chi connectivity index (χ4n) is 1.33. The third-order valence-corrected chi connectivity index (χ3v) is 1.52. The van der Waals surface area contributed by atoms with E-state index in [0.717, 1.165) is 0 Å². The summed E-state index contributed by atoms with van der Waals surface area (Å²) in [6.45, 7) is 8.11. The Hall–Kier alpha value is -0.610. The van der Waals surface area contributed by atoms with E-state index in [1.54, 1.807) is 18.7 Å². The summed E-state index contributed by atoms with van der Waals surface area (Å²) in [7, 11) is 1.82. The van der Waals surface area contributed by atoms with Gasteiger partial charge in [-0.15, -0.1) is 0 Å². The van der Waals surface area contributed by atoms with Gasteiger partial charge in [-0.1, -0.05) is 0 Å². The Labute approximate surface area is 86.3 Å². The number of likely N-dealkylation sites (N-methyl/N-ethyl adjacent to an activating group) is 1. The van der Waals surface area contributed by atoms with Crippen molar-refractivity contribution >= 4 is 5.91 Å². The molecule has 1 amide bonds. The SMILES string of the molecule is CC(C)NC(=O)CN(C)CC(C)(C)O. The Kier molecular flexibility index (Phi) is 5.08. The van der Waals surface area contributed by atoms with Crippen LogP contribution in [0.4, 0.5) is 0 Å². The molecule has 4 heteroatoms. The molecule has 0 aliphatic rings. The van der Waals surface area contributed by atoms with Gasteiger partial charge >= 0.3 is 0 Å². The average molecular weight is 202 g/mol. The number of hydrogen-bond donors (Lipinski definition) is 2. The first kappa shape index (κ1) is 13.4. The van der Waals surface area contributed by atoms with Crippen LogP contribution in [0.5, 0.6) is 0 Å². The van der Waals surface area contributed by atoms with Gasteiger partial charge in [0.1, 0.15) is 0 Å². The zero-order chi connectivity index (χ0) is 11.4. The van der Waals surface area contributed by atoms with Crippen LogP contribution in [0.25, 0.3) is 0 Å². The number of aliphatic hydroxyl groups is 1. The fraction of sp³-hybridized carbons (Fsp3) is 0.900. The van der Waals surface area contributed by atoms with Gasteiger partial charge in [0.15, 0.2) is 0 Å². The molecule has 84 valence electrons. The fourth-order valence-corrected chi connectivity index (χ4v) is 1.33. The van der Waals surface area contributed by atoms with E-state index in [4.69, 9.17) is 0 Å². The van der Waals surface area contributed by atoms with Crippen LogP contribution < -0.4 is 5.32 Å². The minimum atomic E-state index is -0.757. The lowest BCUT2D eigenvalue weighted by atomic mass is 10.1. The maximum Gasteiger partial charge on any atom is 0.234 e. The molecule has 0 aromatic carbocycles. The molecule has 0 spiro atoms. The van der Waals surface area contributed by atoms with Crippen molar-refractivity contribution in [2.45, 2.75) is 39.3 Å². The van der Waals surface area contributed by atoms with Gasteiger partial charge in [0.2, 0.25) is 5.91 Å². The first-order valence-corrected chi connectivity index (χ1v) is 4.91. The van der Waals surface area contributed by atoms with Crippen LogP contribution in [0.15, 0.2) is 0 Å². The summed E-state index contributed by atoms with van der Waals surface area (Å²) in [5.41, 5.74) is -0.757. The van der Waals surface area contributed by atoms with E-state index >= 15 is 0 Å². The van der Waals surface area contributed by atoms with Gasteiger partial charge in [-0.2, -0.15) is 0 Å². The average Bonchev–Trinajstić information content (AvgIpc) is 1.77. The number of nitrogens with one attached hydrogen (secondary N) is 1. The summed E-state index contributed by atoms with van der Waals surface area (Å²) in [5.74, 6) is -0.00764. The number of rotatable bonds is 5. The normalized spacial score (nSPS) is 12.3. The molecule has 14 heavy (non-hydrogen) atoms. The molecule has 4 nitrogen and oxygen atoms in total. The molecule has 0 saturated heterocycles. The van der Waals surface area contributed by atoms with Crippen LogP contribution >= 0.6 is 0 Å². The van der Waals surface area contributed by atoms with Crippen molar-refractivity contribution in [3.63, 3.8) is 0 Å². The number of hydrogen-bond acceptors (Lipinski definition) is 3. The zero-order valence-corrected chi connectivity index (χ0v) is 9.79. The van der Waals surface area contributed by atoms with Gasteiger partial charge < -0.3 is 10.4 Å². The maximum atomic E-state index is 11.3. The first-order valence-electron chi connectivity index (χ1n) is 4.91. The number of carbonyl (C=O) groups is 1. The Morgan fingerprint density at radius 2 is 2.00 bits per heavy atom. The third kappa shape index (κ3) is 8.01. The summed E-state index contributed by atoms with van der Waals surface area (Å²) < 4.78 is 0. The second-order valence-electron chi connectivity index (χ2n) is 4.71. The molecule has 0 atom stereocenters. The zero-order valence-electron chi connectivity index (χ0n) is 9.79. The molecule has 0 rings (SSSR count). The van der Waals surface area contributed by atoms with E-state index < -0.39 is 5.60 Å². The molecule has 2 N–H and O–H groups in total. The van der Waals surface area contributed by atoms with Crippen LogP contribution in [0.1, 0.15) is 27.7 Å². The first-order chi connectivity index (χ1) is 6.20. The molecule has 0 heterocycles. The summed E-state index contributed by atoms with van der Waals surface area (Å²) in [6, 6.07) is 0.165. The molecule has 0 fully saturated rings. The molecule has 0 bridgehead atoms. The van der Waals surface area contributed by atoms with Gasteiger partial charge in [0, 0.05) is 12.6 Å². The van der Waals surface area contributed by atoms with Gasteiger partial charge in [-0.25, -0.2) is 0 Å². The van der Waals surface area contributed by atoms with Gasteiger partial charge in [0.05, 0.1) is 12.1 Å². The number of nitrogens with zero attached hydrogens (tertiary/aromatic N) is 1. The van der Waals surface area contributed by atoms with Crippen LogP contribution in [-0.4, -0.2) is 47.7 Å². The second-order valence-corrected chi connectivity index (χ2v) is 4.71. The lowest BCUT2D eigenvalue weighted by molar-refractivity contribution is -0.122. The number of carbonyl (C=O) groups excluding carboxylic acids is 1. The molecular formula is C10H22N2O2. The van der Waals surface area contributed by atoms with Crippen molar-refractivity contribution in [2.24, 2.45) is 0 Å². The molecule has 0 aromatic rings. The Morgan fingerprint density at radius 3 is 2.36 bits per heavy atom. The minimum Gasteiger partial charge on any atom is -0.389 e. The van der Waals surface area contributed by atoms with Crippen LogP contribution in [0, 0.1) is 0 Å². The van der Waals surface area contributed by atoms with E-state index in [1.165, 1.54) is 0 Å². The summed E-state index contributed by atoms with van der Waals surface area (Å²) in [5, 5.41) is 12.3. The standard InChI is InChI=1S/C10H22N2O2/c1-8(2)11-9(13)6-12(5)7-10(3,4)14/h8,14H,6-7H2,1-5H3,(H,11,13). The van der Waals surface area contributed by atoms with Crippen LogP contribution in [0.3, 0.4) is 0 Å². The predicted octanol–water partition coefficient (Wildman–Crippen LogP) is 0.214. The van der Waals surface area contributed by atoms with E-state index in [2.05, 4.69) is 5.32 Å². The molecule has 0 aromatic heterocycles. The van der Waals surface area contributed by atoms with Crippen molar-refractivity contribution in [2.75, 3.05) is 20.1 Å². The molecule has 0 saturated carbocycles. The smallest absolute Gasteiger partial charge is 0.234 e. The van der Waals surface area contributed by atoms with Crippen molar-refractivity contribution in [1.29, 1.82) is 0 Å². The van der Waals surface area contributed by atoms with E-state index in [0.29, 0.717) is 13.1 Å². The highest BCUT2D eigenvalue weighted by atomic mass is 16.3. The van der Waals surface area contributed by atoms with Gasteiger partial charge in [-0.3, -0.25) is 9.69 Å². The topological polar surface area (TPSA) is 52.6 Å². The highest BCUT2D eigenvalue weighted by Crippen LogP contribution is 2.02. The van der Waals surface area contributed by atoms with E-state index in [9.17, 15) is 9.90 Å². The predicted molar refractivity (Wildman–Crippen MR) is 57.1 cm³/mol. The van der Waals surface area contributed by atoms with E-state index in [-0.39, 0.29) is 11.9 Å². The molecule has 0 unspecified atom stereocenters. The van der Waals surface area contributed by atoms with Crippen LogP contribution in [-0.2, 0) is 4.79 Å². The van der Waals surface area contributed by atoms with Crippen molar-refractivity contribution in [1.82, 2.24) is 10.2 Å². The van der Waals surface area contributed by atoms with Gasteiger partial charge in [-0.05, 0) is 34.7 Å². The third-order valence-electron chi connectivity index (χ3n) is 1.52. The van der Waals surface area contributed by atoms with Crippen molar-refractivity contribution in [3.8, 4) is 0 Å². The lowest BCUT2D eigenvalue weighted by Crippen LogP contribution is -2.43. The molecule has 0 aliphatic carbocycles. The monoisotopic (exact) mass is 202 g/mol. The Morgan fingerprint density at radius 1 is 1.50 bits per heavy atom. The van der Waals surface area contributed by atoms with Crippen LogP contribution in [0.2, 0.25) is 0 Å². The Balaban J connectivity index is 3.83. The second kappa shape index (κ2) is 5.32. The highest BCUT2D eigenvalue weighted by molar-refractivity contribution is 5.78. The quantitative estimate of drug-likeness (QED) is 0.670. The van der Waals surface area contributed by atoms with Crippen molar-refractivity contribution in [3.05, 3.63) is 0 Å². The van der Waals surface area contributed by atoms with E-state index in [1.807, 2.05) is 20.9 Å². The molecular weight excluding hydrogens is 180 g/mol. The number of amides is 1. The van der Waals surface area contributed by atoms with Crippen molar-refractivity contribution < 1.29 is 9.90 Å². The van der Waals surface area contributed by atoms with Gasteiger partial charge in [0.25, 0.3) is 0 Å².